The van der Waals surface area contributed by atoms with E-state index in [9.17, 15) is 18.8 Å². The molecule has 8 heteroatoms. The van der Waals surface area contributed by atoms with E-state index in [1.165, 1.54) is 0 Å². The van der Waals surface area contributed by atoms with E-state index in [0.717, 1.165) is 17.0 Å². The van der Waals surface area contributed by atoms with Gasteiger partial charge in [-0.25, -0.2) is 4.39 Å². The topological polar surface area (TPSA) is 66.5 Å². The number of amides is 3. The number of nitrogens with one attached hydrogen (secondary N) is 1. The average Bonchev–Trinajstić information content (AvgIpc) is 2.68. The summed E-state index contributed by atoms with van der Waals surface area (Å²) in [5, 5.41) is 2.15. The zero-order valence-corrected chi connectivity index (χ0v) is 13.3. The van der Waals surface area contributed by atoms with Crippen molar-refractivity contribution in [1.82, 2.24) is 10.2 Å². The predicted molar refractivity (Wildman–Crippen MR) is 79.3 cm³/mol. The second-order valence-electron chi connectivity index (χ2n) is 5.17. The maximum atomic E-state index is 13.4. The first-order valence-corrected chi connectivity index (χ1v) is 7.29. The lowest BCUT2D eigenvalue weighted by molar-refractivity contribution is -0.140. The lowest BCUT2D eigenvalue weighted by Gasteiger charge is -2.19. The molecule has 1 aromatic rings. The summed E-state index contributed by atoms with van der Waals surface area (Å²) < 4.78 is 13.4. The normalized spacial score (nSPS) is 18.3. The van der Waals surface area contributed by atoms with Crippen LogP contribution in [0, 0.1) is 5.82 Å². The van der Waals surface area contributed by atoms with Crippen molar-refractivity contribution in [3.05, 3.63) is 33.6 Å². The van der Waals surface area contributed by atoms with E-state index in [-0.39, 0.29) is 34.0 Å². The number of hydrogen-bond acceptors (Lipinski definition) is 3. The van der Waals surface area contributed by atoms with Crippen molar-refractivity contribution in [2.24, 2.45) is 0 Å². The van der Waals surface area contributed by atoms with Crippen molar-refractivity contribution >= 4 is 40.9 Å². The zero-order valence-electron chi connectivity index (χ0n) is 11.8. The Morgan fingerprint density at radius 2 is 1.95 bits per heavy atom. The Morgan fingerprint density at radius 1 is 1.32 bits per heavy atom. The van der Waals surface area contributed by atoms with Gasteiger partial charge in [0.2, 0.25) is 5.91 Å². The van der Waals surface area contributed by atoms with Gasteiger partial charge in [0.25, 0.3) is 11.8 Å². The summed E-state index contributed by atoms with van der Waals surface area (Å²) >= 11 is 11.4. The molecule has 3 amide bonds. The van der Waals surface area contributed by atoms with Crippen LogP contribution in [0.2, 0.25) is 10.0 Å². The van der Waals surface area contributed by atoms with Crippen LogP contribution in [-0.2, 0) is 9.59 Å². The molecule has 1 heterocycles. The summed E-state index contributed by atoms with van der Waals surface area (Å²) in [6.07, 6.45) is -0.129. The minimum absolute atomic E-state index is 0.0404. The highest BCUT2D eigenvalue weighted by Gasteiger charge is 2.40. The molecule has 0 bridgehead atoms. The number of rotatable bonds is 3. The van der Waals surface area contributed by atoms with Gasteiger partial charge < -0.3 is 5.32 Å². The largest absolute Gasteiger partial charge is 0.340 e. The van der Waals surface area contributed by atoms with Gasteiger partial charge in [0.15, 0.2) is 0 Å². The fraction of sp³-hybridized carbons (Fsp3) is 0.357. The molecule has 2 rings (SSSR count). The number of imide groups is 1. The monoisotopic (exact) mass is 346 g/mol. The Morgan fingerprint density at radius 3 is 2.50 bits per heavy atom. The number of carbonyl (C=O) groups is 3. The van der Waals surface area contributed by atoms with E-state index in [1.54, 1.807) is 13.8 Å². The third-order valence-electron chi connectivity index (χ3n) is 3.26. The summed E-state index contributed by atoms with van der Waals surface area (Å²) in [6, 6.07) is 0.729. The number of benzene rings is 1. The van der Waals surface area contributed by atoms with Gasteiger partial charge in [-0.2, -0.15) is 0 Å². The predicted octanol–water partition coefficient (Wildman–Crippen LogP) is 2.40. The Kier molecular flexibility index (Phi) is 4.72. The average molecular weight is 347 g/mol. The molecule has 22 heavy (non-hydrogen) atoms. The lowest BCUT2D eigenvalue weighted by atomic mass is 10.1. The van der Waals surface area contributed by atoms with Crippen molar-refractivity contribution in [3.63, 3.8) is 0 Å². The summed E-state index contributed by atoms with van der Waals surface area (Å²) in [5.41, 5.74) is -0.146. The van der Waals surface area contributed by atoms with E-state index in [1.807, 2.05) is 0 Å². The van der Waals surface area contributed by atoms with E-state index < -0.39 is 23.7 Å². The van der Waals surface area contributed by atoms with Gasteiger partial charge in [0, 0.05) is 6.04 Å². The van der Waals surface area contributed by atoms with Crippen molar-refractivity contribution in [1.29, 1.82) is 0 Å². The summed E-state index contributed by atoms with van der Waals surface area (Å²) in [6.45, 7) is 3.40. The van der Waals surface area contributed by atoms with Gasteiger partial charge in [0.1, 0.15) is 11.9 Å². The second-order valence-corrected chi connectivity index (χ2v) is 5.99. The molecule has 1 N–H and O–H groups in total. The molecule has 1 saturated heterocycles. The first-order valence-electron chi connectivity index (χ1n) is 6.53. The molecule has 1 aromatic carbocycles. The standard InChI is InChI=1S/C14H13Cl2FN2O3/c1-6(2)19-12(20)5-11(14(19)22)18-13(21)7-3-10(17)9(16)4-8(7)15/h3-4,6,11H,5H2,1-2H3,(H,18,21). The molecule has 118 valence electrons. The van der Waals surface area contributed by atoms with Gasteiger partial charge >= 0.3 is 0 Å². The van der Waals surface area contributed by atoms with Gasteiger partial charge in [-0.05, 0) is 26.0 Å². The Balaban J connectivity index is 2.18. The van der Waals surface area contributed by atoms with Crippen molar-refractivity contribution < 1.29 is 18.8 Å². The third-order valence-corrected chi connectivity index (χ3v) is 3.86. The van der Waals surface area contributed by atoms with Crippen LogP contribution in [0.5, 0.6) is 0 Å². The Bertz CT molecular complexity index is 664. The number of halogens is 3. The third kappa shape index (κ3) is 3.08. The lowest BCUT2D eigenvalue weighted by Crippen LogP contribution is -2.43. The fourth-order valence-corrected chi connectivity index (χ4v) is 2.71. The number of carbonyl (C=O) groups excluding carboxylic acids is 3. The maximum Gasteiger partial charge on any atom is 0.253 e. The molecule has 0 radical (unpaired) electrons. The Labute approximate surface area is 136 Å². The van der Waals surface area contributed by atoms with Crippen LogP contribution < -0.4 is 5.32 Å². The van der Waals surface area contributed by atoms with E-state index in [4.69, 9.17) is 23.2 Å². The van der Waals surface area contributed by atoms with Crippen molar-refractivity contribution in [2.75, 3.05) is 0 Å². The van der Waals surface area contributed by atoms with Gasteiger partial charge in [-0.15, -0.1) is 0 Å². The smallest absolute Gasteiger partial charge is 0.253 e. The quantitative estimate of drug-likeness (QED) is 0.675. The van der Waals surface area contributed by atoms with E-state index in [0.29, 0.717) is 0 Å². The summed E-state index contributed by atoms with van der Waals surface area (Å²) in [7, 11) is 0. The number of nitrogens with zero attached hydrogens (tertiary/aromatic N) is 1. The molecule has 0 aromatic heterocycles. The Hall–Kier alpha value is -1.66. The minimum Gasteiger partial charge on any atom is -0.340 e. The van der Waals surface area contributed by atoms with E-state index >= 15 is 0 Å². The van der Waals surface area contributed by atoms with Gasteiger partial charge in [-0.3, -0.25) is 19.3 Å². The van der Waals surface area contributed by atoms with Crippen LogP contribution in [0.15, 0.2) is 12.1 Å². The summed E-state index contributed by atoms with van der Waals surface area (Å²) in [4.78, 5) is 37.1. The molecular formula is C14H13Cl2FN2O3. The molecule has 1 aliphatic heterocycles. The second kappa shape index (κ2) is 6.22. The fourth-order valence-electron chi connectivity index (χ4n) is 2.24. The van der Waals surface area contributed by atoms with Crippen molar-refractivity contribution in [3.8, 4) is 0 Å². The molecule has 0 aliphatic carbocycles. The van der Waals surface area contributed by atoms with E-state index in [2.05, 4.69) is 5.32 Å². The maximum absolute atomic E-state index is 13.4. The van der Waals surface area contributed by atoms with Crippen molar-refractivity contribution in [2.45, 2.75) is 32.4 Å². The molecule has 1 aliphatic rings. The molecule has 0 spiro atoms. The van der Waals surface area contributed by atoms with Crippen LogP contribution >= 0.6 is 23.2 Å². The molecule has 1 fully saturated rings. The first-order chi connectivity index (χ1) is 10.2. The highest BCUT2D eigenvalue weighted by atomic mass is 35.5. The van der Waals surface area contributed by atoms with Crippen LogP contribution in [0.4, 0.5) is 4.39 Å². The summed E-state index contributed by atoms with van der Waals surface area (Å²) in [5.74, 6) is -2.39. The van der Waals surface area contributed by atoms with Crippen LogP contribution in [-0.4, -0.2) is 34.7 Å². The molecule has 0 saturated carbocycles. The number of hydrogen-bond donors (Lipinski definition) is 1. The minimum atomic E-state index is -0.975. The zero-order chi connectivity index (χ0) is 16.6. The van der Waals surface area contributed by atoms with Gasteiger partial charge in [0.05, 0.1) is 22.0 Å². The van der Waals surface area contributed by atoms with Crippen LogP contribution in [0.3, 0.4) is 0 Å². The molecule has 5 nitrogen and oxygen atoms in total. The highest BCUT2D eigenvalue weighted by Crippen LogP contribution is 2.25. The van der Waals surface area contributed by atoms with Gasteiger partial charge in [-0.1, -0.05) is 23.2 Å². The molecule has 1 unspecified atom stereocenters. The molecule has 1 atom stereocenters. The highest BCUT2D eigenvalue weighted by molar-refractivity contribution is 6.36. The number of likely N-dealkylation sites (tertiary alicyclic amines) is 1. The van der Waals surface area contributed by atoms with Crippen LogP contribution in [0.25, 0.3) is 0 Å². The van der Waals surface area contributed by atoms with Crippen LogP contribution in [0.1, 0.15) is 30.6 Å². The first kappa shape index (κ1) is 16.7. The SMILES string of the molecule is CC(C)N1C(=O)CC(NC(=O)c2cc(F)c(Cl)cc2Cl)C1=O. The molecular weight excluding hydrogens is 334 g/mol.